The molecule has 3 nitrogen and oxygen atoms in total. The molecule has 2 aromatic carbocycles. The molecular formula is C15H10F2O3S. The summed E-state index contributed by atoms with van der Waals surface area (Å²) in [6.07, 6.45) is 0. The first-order chi connectivity index (χ1) is 9.99. The van der Waals surface area contributed by atoms with Gasteiger partial charge in [0.2, 0.25) is 9.84 Å². The number of hydrogen-bond donors (Lipinski definition) is 0. The molecule has 0 N–H and O–H groups in total. The maximum atomic E-state index is 13.7. The van der Waals surface area contributed by atoms with Crippen LogP contribution in [-0.2, 0) is 9.84 Å². The highest BCUT2D eigenvalue weighted by Gasteiger charge is 2.30. The Balaban J connectivity index is 1.92. The van der Waals surface area contributed by atoms with Crippen molar-refractivity contribution in [2.45, 2.75) is 4.90 Å². The van der Waals surface area contributed by atoms with Gasteiger partial charge in [0.25, 0.3) is 0 Å². The van der Waals surface area contributed by atoms with Crippen LogP contribution in [0, 0.1) is 11.6 Å². The summed E-state index contributed by atoms with van der Waals surface area (Å²) in [4.78, 5) is -0.350. The van der Waals surface area contributed by atoms with Gasteiger partial charge in [-0.15, -0.1) is 0 Å². The van der Waals surface area contributed by atoms with E-state index in [0.29, 0.717) is 5.57 Å². The highest BCUT2D eigenvalue weighted by Crippen LogP contribution is 2.35. The number of benzene rings is 2. The molecule has 0 atom stereocenters. The number of halogens is 2. The Morgan fingerprint density at radius 2 is 1.67 bits per heavy atom. The summed E-state index contributed by atoms with van der Waals surface area (Å²) in [6, 6.07) is 9.81. The van der Waals surface area contributed by atoms with Crippen LogP contribution >= 0.6 is 0 Å². The number of hydrogen-bond acceptors (Lipinski definition) is 3. The molecule has 0 radical (unpaired) electrons. The van der Waals surface area contributed by atoms with E-state index in [1.165, 1.54) is 30.3 Å². The number of fused-ring (bicyclic) bond motifs is 1. The standard InChI is InChI=1S/C15H10F2O3S/c16-12-5-1-2-7-14(12)20-8-10-9-21(18,19)15-11(10)4-3-6-13(15)17/h1-7,9H,8H2. The average molecular weight is 308 g/mol. The monoisotopic (exact) mass is 308 g/mol. The highest BCUT2D eigenvalue weighted by molar-refractivity contribution is 7.95. The number of para-hydroxylation sites is 1. The number of ether oxygens (including phenoxy) is 1. The van der Waals surface area contributed by atoms with Crippen LogP contribution in [0.3, 0.4) is 0 Å². The molecule has 0 saturated carbocycles. The Labute approximate surface area is 120 Å². The summed E-state index contributed by atoms with van der Waals surface area (Å²) in [7, 11) is -3.81. The van der Waals surface area contributed by atoms with Crippen molar-refractivity contribution in [3.05, 3.63) is 65.1 Å². The largest absolute Gasteiger partial charge is 0.486 e. The lowest BCUT2D eigenvalue weighted by atomic mass is 10.1. The van der Waals surface area contributed by atoms with E-state index in [1.54, 1.807) is 6.07 Å². The predicted molar refractivity (Wildman–Crippen MR) is 73.5 cm³/mol. The van der Waals surface area contributed by atoms with Crippen LogP contribution in [0.1, 0.15) is 5.56 Å². The lowest BCUT2D eigenvalue weighted by Gasteiger charge is -2.08. The van der Waals surface area contributed by atoms with Gasteiger partial charge in [-0.1, -0.05) is 24.3 Å². The van der Waals surface area contributed by atoms with Crippen molar-refractivity contribution in [3.63, 3.8) is 0 Å². The third-order valence-corrected chi connectivity index (χ3v) is 4.69. The van der Waals surface area contributed by atoms with E-state index in [2.05, 4.69) is 0 Å². The van der Waals surface area contributed by atoms with Crippen molar-refractivity contribution in [2.24, 2.45) is 0 Å². The van der Waals surface area contributed by atoms with Gasteiger partial charge in [0.05, 0.1) is 0 Å². The molecule has 0 bridgehead atoms. The van der Waals surface area contributed by atoms with Gasteiger partial charge in [-0.2, -0.15) is 0 Å². The molecule has 0 fully saturated rings. The van der Waals surface area contributed by atoms with E-state index >= 15 is 0 Å². The summed E-state index contributed by atoms with van der Waals surface area (Å²) in [6.45, 7) is -0.156. The highest BCUT2D eigenvalue weighted by atomic mass is 32.2. The van der Waals surface area contributed by atoms with Crippen LogP contribution in [0.25, 0.3) is 5.57 Å². The molecule has 3 rings (SSSR count). The van der Waals surface area contributed by atoms with Crippen molar-refractivity contribution < 1.29 is 21.9 Å². The molecule has 0 aromatic heterocycles. The first-order valence-electron chi connectivity index (χ1n) is 6.11. The van der Waals surface area contributed by atoms with E-state index in [-0.39, 0.29) is 22.8 Å². The van der Waals surface area contributed by atoms with Crippen molar-refractivity contribution in [1.29, 1.82) is 0 Å². The quantitative estimate of drug-likeness (QED) is 0.874. The zero-order valence-electron chi connectivity index (χ0n) is 10.7. The predicted octanol–water partition coefficient (Wildman–Crippen LogP) is 3.17. The van der Waals surface area contributed by atoms with Gasteiger partial charge in [-0.3, -0.25) is 0 Å². The molecular weight excluding hydrogens is 298 g/mol. The minimum atomic E-state index is -3.81. The van der Waals surface area contributed by atoms with Crippen LogP contribution in [0.15, 0.2) is 52.8 Å². The van der Waals surface area contributed by atoms with Crippen LogP contribution < -0.4 is 4.74 Å². The summed E-state index contributed by atoms with van der Waals surface area (Å²) in [5.41, 5.74) is 0.555. The molecule has 0 unspecified atom stereocenters. The summed E-state index contributed by atoms with van der Waals surface area (Å²) < 4.78 is 56.2. The first kappa shape index (κ1) is 13.8. The molecule has 108 valence electrons. The fourth-order valence-electron chi connectivity index (χ4n) is 2.19. The minimum Gasteiger partial charge on any atom is -0.486 e. The summed E-state index contributed by atoms with van der Waals surface area (Å²) >= 11 is 0. The van der Waals surface area contributed by atoms with Gasteiger partial charge in [-0.25, -0.2) is 17.2 Å². The Hall–Kier alpha value is -2.21. The maximum Gasteiger partial charge on any atom is 0.203 e. The molecule has 1 heterocycles. The average Bonchev–Trinajstić information content (AvgIpc) is 2.70. The van der Waals surface area contributed by atoms with Crippen LogP contribution in [-0.4, -0.2) is 15.0 Å². The SMILES string of the molecule is O=S1(=O)C=C(COc2ccccc2F)c2cccc(F)c21. The minimum absolute atomic E-state index is 0.0145. The second-order valence-electron chi connectivity index (χ2n) is 4.52. The fourth-order valence-corrected chi connectivity index (χ4v) is 3.72. The lowest BCUT2D eigenvalue weighted by Crippen LogP contribution is -2.01. The van der Waals surface area contributed by atoms with Crippen molar-refractivity contribution in [1.82, 2.24) is 0 Å². The number of sulfone groups is 1. The van der Waals surface area contributed by atoms with E-state index < -0.39 is 21.5 Å². The van der Waals surface area contributed by atoms with Crippen LogP contribution in [0.5, 0.6) is 5.75 Å². The third-order valence-electron chi connectivity index (χ3n) is 3.11. The van der Waals surface area contributed by atoms with E-state index in [0.717, 1.165) is 11.5 Å². The molecule has 6 heteroatoms. The van der Waals surface area contributed by atoms with Gasteiger partial charge in [0.15, 0.2) is 11.6 Å². The molecule has 1 aliphatic heterocycles. The van der Waals surface area contributed by atoms with Gasteiger partial charge in [0.1, 0.15) is 17.3 Å². The van der Waals surface area contributed by atoms with Gasteiger partial charge in [-0.05, 0) is 18.2 Å². The van der Waals surface area contributed by atoms with Crippen LogP contribution in [0.2, 0.25) is 0 Å². The van der Waals surface area contributed by atoms with Crippen LogP contribution in [0.4, 0.5) is 8.78 Å². The molecule has 0 amide bonds. The summed E-state index contributed by atoms with van der Waals surface area (Å²) in [5.74, 6) is -1.33. The zero-order chi connectivity index (χ0) is 15.0. The molecule has 2 aromatic rings. The second kappa shape index (κ2) is 4.96. The van der Waals surface area contributed by atoms with Crippen molar-refractivity contribution >= 4 is 15.4 Å². The number of rotatable bonds is 3. The molecule has 1 aliphatic rings. The van der Waals surface area contributed by atoms with E-state index in [9.17, 15) is 17.2 Å². The second-order valence-corrected chi connectivity index (χ2v) is 6.26. The smallest absolute Gasteiger partial charge is 0.203 e. The normalized spacial score (nSPS) is 15.4. The van der Waals surface area contributed by atoms with Gasteiger partial charge < -0.3 is 4.74 Å². The van der Waals surface area contributed by atoms with E-state index in [4.69, 9.17) is 4.74 Å². The lowest BCUT2D eigenvalue weighted by molar-refractivity contribution is 0.348. The third kappa shape index (κ3) is 2.42. The first-order valence-corrected chi connectivity index (χ1v) is 7.65. The van der Waals surface area contributed by atoms with Gasteiger partial charge >= 0.3 is 0 Å². The molecule has 0 saturated heterocycles. The van der Waals surface area contributed by atoms with Crippen molar-refractivity contribution in [2.75, 3.05) is 6.61 Å². The molecule has 0 spiro atoms. The Kier molecular flexibility index (Phi) is 3.25. The maximum absolute atomic E-state index is 13.7. The Bertz CT molecular complexity index is 842. The Morgan fingerprint density at radius 3 is 2.43 bits per heavy atom. The Morgan fingerprint density at radius 1 is 0.952 bits per heavy atom. The van der Waals surface area contributed by atoms with Crippen molar-refractivity contribution in [3.8, 4) is 5.75 Å². The zero-order valence-corrected chi connectivity index (χ0v) is 11.5. The topological polar surface area (TPSA) is 43.4 Å². The molecule has 0 aliphatic carbocycles. The summed E-state index contributed by atoms with van der Waals surface area (Å²) in [5, 5.41) is 0.960. The van der Waals surface area contributed by atoms with E-state index in [1.807, 2.05) is 0 Å². The fraction of sp³-hybridized carbons (Fsp3) is 0.0667. The molecule has 21 heavy (non-hydrogen) atoms. The van der Waals surface area contributed by atoms with Gasteiger partial charge in [0, 0.05) is 16.5 Å².